The van der Waals surface area contributed by atoms with Crippen molar-refractivity contribution in [3.05, 3.63) is 21.9 Å². The molecule has 8 heteroatoms. The second kappa shape index (κ2) is 4.42. The monoisotopic (exact) mass is 241 g/mol. The lowest BCUT2D eigenvalue weighted by Crippen LogP contribution is -2.22. The van der Waals surface area contributed by atoms with E-state index in [0.29, 0.717) is 0 Å². The average Bonchev–Trinajstić information content (AvgIpc) is 2.14. The van der Waals surface area contributed by atoms with Gasteiger partial charge in [-0.3, -0.25) is 9.78 Å². The van der Waals surface area contributed by atoms with Crippen LogP contribution in [-0.2, 0) is 6.67 Å². The Labute approximate surface area is 86.8 Å². The number of rotatable bonds is 3. The van der Waals surface area contributed by atoms with Gasteiger partial charge in [-0.15, -0.1) is 13.2 Å². The highest BCUT2D eigenvalue weighted by molar-refractivity contribution is 5.30. The number of nitrogens with one attached hydrogen (secondary N) is 1. The summed E-state index contributed by atoms with van der Waals surface area (Å²) in [6, 6.07) is 0.831. The largest absolute Gasteiger partial charge is 0.574 e. The Morgan fingerprint density at radius 3 is 2.50 bits per heavy atom. The number of H-pyrrole nitrogens is 1. The first-order valence-corrected chi connectivity index (χ1v) is 3.99. The van der Waals surface area contributed by atoms with Crippen LogP contribution in [0.5, 0.6) is 11.8 Å². The number of methoxy groups -OCH3 is 1. The van der Waals surface area contributed by atoms with E-state index in [4.69, 9.17) is 0 Å². The molecule has 0 aliphatic rings. The van der Waals surface area contributed by atoms with Crippen LogP contribution in [0.15, 0.2) is 10.9 Å². The summed E-state index contributed by atoms with van der Waals surface area (Å²) in [5.74, 6) is -1.25. The number of halogens is 4. The Kier molecular flexibility index (Phi) is 3.41. The zero-order chi connectivity index (χ0) is 12.3. The third-order valence-corrected chi connectivity index (χ3v) is 1.64. The summed E-state index contributed by atoms with van der Waals surface area (Å²) in [6.07, 6.45) is -5.01. The third-order valence-electron chi connectivity index (χ3n) is 1.64. The molecule has 0 aliphatic heterocycles. The second-order valence-electron chi connectivity index (χ2n) is 2.69. The fourth-order valence-electron chi connectivity index (χ4n) is 0.981. The molecule has 1 aromatic heterocycles. The van der Waals surface area contributed by atoms with Crippen molar-refractivity contribution in [3.8, 4) is 11.8 Å². The molecular formula is C8H7F4NO3. The van der Waals surface area contributed by atoms with Gasteiger partial charge < -0.3 is 9.47 Å². The predicted molar refractivity (Wildman–Crippen MR) is 45.1 cm³/mol. The standard InChI is InChI=1S/C8H7F4NO3/c1-15-6-2-5(14)4(3-9)7(13-6)16-8(10,11)12/h2H,3H2,1H3,(H,13,14). The van der Waals surface area contributed by atoms with Crippen LogP contribution < -0.4 is 14.9 Å². The number of alkyl halides is 4. The molecule has 90 valence electrons. The Morgan fingerprint density at radius 1 is 1.44 bits per heavy atom. The lowest BCUT2D eigenvalue weighted by molar-refractivity contribution is -0.276. The Balaban J connectivity index is 3.23. The van der Waals surface area contributed by atoms with Gasteiger partial charge in [0.15, 0.2) is 11.3 Å². The number of hydrogen-bond donors (Lipinski definition) is 1. The quantitative estimate of drug-likeness (QED) is 0.820. The van der Waals surface area contributed by atoms with Crippen LogP contribution in [0.4, 0.5) is 17.6 Å². The summed E-state index contributed by atoms with van der Waals surface area (Å²) in [5.41, 5.74) is -1.67. The summed E-state index contributed by atoms with van der Waals surface area (Å²) < 4.78 is 56.1. The van der Waals surface area contributed by atoms with Crippen molar-refractivity contribution >= 4 is 0 Å². The minimum Gasteiger partial charge on any atom is -0.482 e. The fraction of sp³-hybridized carbons (Fsp3) is 0.375. The molecule has 0 bridgehead atoms. The van der Waals surface area contributed by atoms with Crippen LogP contribution >= 0.6 is 0 Å². The summed E-state index contributed by atoms with van der Waals surface area (Å²) in [7, 11) is 1.14. The van der Waals surface area contributed by atoms with Gasteiger partial charge in [0.2, 0.25) is 5.88 Å². The molecule has 1 N–H and O–H groups in total. The molecule has 0 saturated heterocycles. The molecule has 0 atom stereocenters. The van der Waals surface area contributed by atoms with Gasteiger partial charge in [-0.25, -0.2) is 4.39 Å². The van der Waals surface area contributed by atoms with E-state index in [-0.39, 0.29) is 5.88 Å². The molecule has 0 fully saturated rings. The van der Waals surface area contributed by atoms with Gasteiger partial charge in [-0.2, -0.15) is 0 Å². The summed E-state index contributed by atoms with van der Waals surface area (Å²) in [6.45, 7) is -1.37. The first-order valence-electron chi connectivity index (χ1n) is 3.99. The molecule has 0 unspecified atom stereocenters. The molecule has 0 saturated carbocycles. The molecule has 4 nitrogen and oxygen atoms in total. The molecule has 0 radical (unpaired) electrons. The Hall–Kier alpha value is -1.73. The van der Waals surface area contributed by atoms with E-state index >= 15 is 0 Å². The Bertz CT molecular complexity index is 426. The SMILES string of the molecule is COc1cc(=O)c(CF)c(OC(F)(F)F)[nH]1. The number of hydrogen-bond acceptors (Lipinski definition) is 3. The molecule has 0 amide bonds. The second-order valence-corrected chi connectivity index (χ2v) is 2.69. The molecule has 0 aliphatic carbocycles. The van der Waals surface area contributed by atoms with Crippen LogP contribution in [0.3, 0.4) is 0 Å². The minimum atomic E-state index is -5.01. The van der Waals surface area contributed by atoms with E-state index in [1.807, 2.05) is 4.98 Å². The predicted octanol–water partition coefficient (Wildman–Crippen LogP) is 1.75. The highest BCUT2D eigenvalue weighted by Crippen LogP contribution is 2.24. The van der Waals surface area contributed by atoms with Crippen molar-refractivity contribution in [2.45, 2.75) is 13.0 Å². The highest BCUT2D eigenvalue weighted by Gasteiger charge is 2.33. The summed E-state index contributed by atoms with van der Waals surface area (Å²) in [5, 5.41) is 0. The fourth-order valence-corrected chi connectivity index (χ4v) is 0.981. The minimum absolute atomic E-state index is 0.249. The topological polar surface area (TPSA) is 51.3 Å². The maximum atomic E-state index is 12.3. The molecule has 1 rings (SSSR count). The van der Waals surface area contributed by atoms with Crippen molar-refractivity contribution < 1.29 is 27.0 Å². The zero-order valence-corrected chi connectivity index (χ0v) is 8.02. The lowest BCUT2D eigenvalue weighted by Gasteiger charge is -2.12. The zero-order valence-electron chi connectivity index (χ0n) is 8.02. The lowest BCUT2D eigenvalue weighted by atomic mass is 10.3. The van der Waals surface area contributed by atoms with E-state index < -0.39 is 29.9 Å². The van der Waals surface area contributed by atoms with Crippen LogP contribution in [0.1, 0.15) is 5.56 Å². The first-order chi connectivity index (χ1) is 7.37. The van der Waals surface area contributed by atoms with Crippen molar-refractivity contribution in [3.63, 3.8) is 0 Å². The molecule has 1 aromatic rings. The summed E-state index contributed by atoms with van der Waals surface area (Å²) >= 11 is 0. The van der Waals surface area contributed by atoms with Gasteiger partial charge in [0, 0.05) is 6.07 Å². The average molecular weight is 241 g/mol. The van der Waals surface area contributed by atoms with Gasteiger partial charge >= 0.3 is 6.36 Å². The normalized spacial score (nSPS) is 11.3. The Morgan fingerprint density at radius 2 is 2.06 bits per heavy atom. The van der Waals surface area contributed by atoms with E-state index in [9.17, 15) is 22.4 Å². The first kappa shape index (κ1) is 12.3. The molecule has 0 aromatic carbocycles. The van der Waals surface area contributed by atoms with Gasteiger partial charge in [-0.1, -0.05) is 0 Å². The maximum Gasteiger partial charge on any atom is 0.574 e. The highest BCUT2D eigenvalue weighted by atomic mass is 19.4. The van der Waals surface area contributed by atoms with Crippen molar-refractivity contribution in [1.82, 2.24) is 4.98 Å². The van der Waals surface area contributed by atoms with Gasteiger partial charge in [0.25, 0.3) is 0 Å². The third kappa shape index (κ3) is 2.88. The molecule has 16 heavy (non-hydrogen) atoms. The number of pyridine rings is 1. The van der Waals surface area contributed by atoms with Crippen LogP contribution in [0, 0.1) is 0 Å². The summed E-state index contributed by atoms with van der Waals surface area (Å²) in [4.78, 5) is 13.2. The number of ether oxygens (including phenoxy) is 2. The molecule has 1 heterocycles. The maximum absolute atomic E-state index is 12.3. The van der Waals surface area contributed by atoms with Crippen molar-refractivity contribution in [2.75, 3.05) is 7.11 Å². The van der Waals surface area contributed by atoms with Gasteiger partial charge in [-0.05, 0) is 0 Å². The van der Waals surface area contributed by atoms with Crippen molar-refractivity contribution in [1.29, 1.82) is 0 Å². The van der Waals surface area contributed by atoms with Crippen LogP contribution in [0.25, 0.3) is 0 Å². The van der Waals surface area contributed by atoms with E-state index in [0.717, 1.165) is 13.2 Å². The number of aromatic nitrogens is 1. The van der Waals surface area contributed by atoms with Gasteiger partial charge in [0.1, 0.15) is 6.67 Å². The van der Waals surface area contributed by atoms with E-state index in [1.54, 1.807) is 0 Å². The van der Waals surface area contributed by atoms with E-state index in [1.165, 1.54) is 0 Å². The molecule has 0 spiro atoms. The van der Waals surface area contributed by atoms with E-state index in [2.05, 4.69) is 9.47 Å². The number of aromatic amines is 1. The van der Waals surface area contributed by atoms with Crippen LogP contribution in [0.2, 0.25) is 0 Å². The van der Waals surface area contributed by atoms with Gasteiger partial charge in [0.05, 0.1) is 12.7 Å². The smallest absolute Gasteiger partial charge is 0.482 e. The van der Waals surface area contributed by atoms with Crippen LogP contribution in [-0.4, -0.2) is 18.5 Å². The van der Waals surface area contributed by atoms with Crippen molar-refractivity contribution in [2.24, 2.45) is 0 Å². The molecular weight excluding hydrogens is 234 g/mol.